The Balaban J connectivity index is 1.56. The quantitative estimate of drug-likeness (QED) is 0.0381. The van der Waals surface area contributed by atoms with E-state index in [1.807, 2.05) is 0 Å². The first-order chi connectivity index (χ1) is 29.4. The molecule has 0 fully saturated rings. The molecule has 0 heterocycles. The summed E-state index contributed by atoms with van der Waals surface area (Å²) >= 11 is 0. The maximum atomic E-state index is 6.25. The highest BCUT2D eigenvalue weighted by atomic mass is 14.5. The summed E-state index contributed by atoms with van der Waals surface area (Å²) in [5.74, 6) is 1.20. The topological polar surface area (TPSA) is 52.0 Å². The third kappa shape index (κ3) is 17.1. The van der Waals surface area contributed by atoms with Gasteiger partial charge in [0.05, 0.1) is 0 Å². The van der Waals surface area contributed by atoms with Crippen molar-refractivity contribution in [2.24, 2.45) is 0 Å². The van der Waals surface area contributed by atoms with Crippen molar-refractivity contribution >= 4 is 11.4 Å². The van der Waals surface area contributed by atoms with E-state index in [0.29, 0.717) is 17.8 Å². The number of benzene rings is 4. The van der Waals surface area contributed by atoms with Crippen molar-refractivity contribution in [2.75, 3.05) is 11.5 Å². The summed E-state index contributed by atoms with van der Waals surface area (Å²) in [6.07, 6.45) is 34.6. The predicted molar refractivity (Wildman–Crippen MR) is 267 cm³/mol. The number of anilines is 2. The van der Waals surface area contributed by atoms with Gasteiger partial charge in [0.15, 0.2) is 0 Å². The van der Waals surface area contributed by atoms with Crippen LogP contribution < -0.4 is 11.5 Å². The van der Waals surface area contributed by atoms with Gasteiger partial charge in [0, 0.05) is 29.1 Å². The third-order valence-corrected chi connectivity index (χ3v) is 13.6. The van der Waals surface area contributed by atoms with Crippen LogP contribution in [-0.2, 0) is 0 Å². The van der Waals surface area contributed by atoms with Gasteiger partial charge in [0.1, 0.15) is 0 Å². The van der Waals surface area contributed by atoms with Crippen molar-refractivity contribution in [3.63, 3.8) is 0 Å². The number of nitrogens with two attached hydrogens (primary N) is 2. The molecule has 0 saturated carbocycles. The van der Waals surface area contributed by atoms with Crippen molar-refractivity contribution in [1.29, 1.82) is 0 Å². The molecule has 0 spiro atoms. The number of hydrogen-bond donors (Lipinski definition) is 2. The smallest absolute Gasteiger partial charge is 0.0316 e. The Labute approximate surface area is 370 Å². The molecule has 4 aromatic carbocycles. The molecule has 2 heteroatoms. The van der Waals surface area contributed by atoms with Crippen LogP contribution in [0.15, 0.2) is 84.9 Å². The molecule has 0 aliphatic carbocycles. The van der Waals surface area contributed by atoms with Gasteiger partial charge in [0.2, 0.25) is 0 Å². The molecule has 4 rings (SSSR count). The van der Waals surface area contributed by atoms with Gasteiger partial charge in [0.25, 0.3) is 0 Å². The Morgan fingerprint density at radius 3 is 0.850 bits per heavy atom. The standard InChI is InChI=1S/C58H88N2/c1-6-9-12-15-18-19-22-23-26-29-56(48-32-36-50(37-33-48)57(30-27-24-20-16-13-10-7-2)54-42-40-52(59)44-46(54)4)49-34-38-51(39-35-49)58(31-28-25-21-17-14-11-8-3)55-43-41-53(60)45-47(55)5/h32-45,56-58H,6-31,59-60H2,1-5H3. The van der Waals surface area contributed by atoms with E-state index in [1.54, 1.807) is 0 Å². The molecule has 2 nitrogen and oxygen atoms in total. The molecule has 0 saturated heterocycles. The lowest BCUT2D eigenvalue weighted by Crippen LogP contribution is -2.07. The Bertz CT molecular complexity index is 1590. The lowest BCUT2D eigenvalue weighted by Gasteiger charge is -2.24. The second-order valence-electron chi connectivity index (χ2n) is 18.7. The van der Waals surface area contributed by atoms with Gasteiger partial charge in [-0.25, -0.2) is 0 Å². The first-order valence-electron chi connectivity index (χ1n) is 25.3. The van der Waals surface area contributed by atoms with Crippen LogP contribution in [0.4, 0.5) is 11.4 Å². The minimum Gasteiger partial charge on any atom is -0.399 e. The normalized spacial score (nSPS) is 13.1. The van der Waals surface area contributed by atoms with Gasteiger partial charge in [-0.2, -0.15) is 0 Å². The fraction of sp³-hybridized carbons (Fsp3) is 0.586. The van der Waals surface area contributed by atoms with E-state index >= 15 is 0 Å². The van der Waals surface area contributed by atoms with Gasteiger partial charge in [-0.15, -0.1) is 0 Å². The van der Waals surface area contributed by atoms with E-state index in [1.165, 1.54) is 211 Å². The molecule has 330 valence electrons. The van der Waals surface area contributed by atoms with Gasteiger partial charge in [-0.3, -0.25) is 0 Å². The van der Waals surface area contributed by atoms with Crippen molar-refractivity contribution in [3.8, 4) is 0 Å². The third-order valence-electron chi connectivity index (χ3n) is 13.6. The largest absolute Gasteiger partial charge is 0.399 e. The molecule has 4 aromatic rings. The van der Waals surface area contributed by atoms with Crippen LogP contribution in [0.25, 0.3) is 0 Å². The molecule has 0 aliphatic heterocycles. The minimum atomic E-state index is 0.399. The van der Waals surface area contributed by atoms with E-state index < -0.39 is 0 Å². The lowest BCUT2D eigenvalue weighted by atomic mass is 9.80. The van der Waals surface area contributed by atoms with Crippen molar-refractivity contribution in [2.45, 2.75) is 219 Å². The maximum absolute atomic E-state index is 6.25. The van der Waals surface area contributed by atoms with Crippen LogP contribution in [0.3, 0.4) is 0 Å². The summed E-state index contributed by atoms with van der Waals surface area (Å²) in [7, 11) is 0. The molecule has 60 heavy (non-hydrogen) atoms. The minimum absolute atomic E-state index is 0.399. The number of rotatable bonds is 32. The molecular formula is C58H88N2. The molecule has 0 bridgehead atoms. The van der Waals surface area contributed by atoms with Crippen molar-refractivity contribution < 1.29 is 0 Å². The number of hydrogen-bond acceptors (Lipinski definition) is 2. The van der Waals surface area contributed by atoms with Gasteiger partial charge < -0.3 is 11.5 Å². The number of nitrogen functional groups attached to an aromatic ring is 2. The molecule has 0 amide bonds. The predicted octanol–water partition coefficient (Wildman–Crippen LogP) is 18.1. The van der Waals surface area contributed by atoms with Crippen LogP contribution in [0.5, 0.6) is 0 Å². The summed E-state index contributed by atoms with van der Waals surface area (Å²) in [6, 6.07) is 32.9. The Kier molecular flexibility index (Phi) is 23.7. The van der Waals surface area contributed by atoms with E-state index in [-0.39, 0.29) is 0 Å². The van der Waals surface area contributed by atoms with Gasteiger partial charge >= 0.3 is 0 Å². The average molecular weight is 813 g/mol. The maximum Gasteiger partial charge on any atom is 0.0316 e. The first kappa shape index (κ1) is 49.1. The second-order valence-corrected chi connectivity index (χ2v) is 18.7. The van der Waals surface area contributed by atoms with Crippen molar-refractivity contribution in [1.82, 2.24) is 0 Å². The van der Waals surface area contributed by atoms with Crippen LogP contribution in [0.1, 0.15) is 250 Å². The molecule has 4 N–H and O–H groups in total. The van der Waals surface area contributed by atoms with Gasteiger partial charge in [-0.05, 0) is 102 Å². The molecule has 2 unspecified atom stereocenters. The molecule has 0 aromatic heterocycles. The SMILES string of the molecule is CCCCCCCCCCCC(c1ccc(C(CCCCCCCCC)c2ccc(N)cc2C)cc1)c1ccc(C(CCCCCCCCC)c2ccc(N)cc2C)cc1. The van der Waals surface area contributed by atoms with Crippen LogP contribution in [-0.4, -0.2) is 0 Å². The zero-order valence-electron chi connectivity index (χ0n) is 39.4. The average Bonchev–Trinajstić information content (AvgIpc) is 3.25. The zero-order chi connectivity index (χ0) is 42.8. The second kappa shape index (κ2) is 28.9. The van der Waals surface area contributed by atoms with E-state index in [0.717, 1.165) is 11.4 Å². The van der Waals surface area contributed by atoms with Gasteiger partial charge in [-0.1, -0.05) is 229 Å². The monoisotopic (exact) mass is 813 g/mol. The first-order valence-corrected chi connectivity index (χ1v) is 25.3. The number of aryl methyl sites for hydroxylation is 2. The Hall–Kier alpha value is -3.52. The summed E-state index contributed by atoms with van der Waals surface area (Å²) in [6.45, 7) is 11.4. The number of unbranched alkanes of at least 4 members (excludes halogenated alkanes) is 20. The lowest BCUT2D eigenvalue weighted by molar-refractivity contribution is 0.545. The molecule has 2 atom stereocenters. The van der Waals surface area contributed by atoms with Crippen LogP contribution >= 0.6 is 0 Å². The molecular weight excluding hydrogens is 725 g/mol. The fourth-order valence-corrected chi connectivity index (χ4v) is 9.90. The van der Waals surface area contributed by atoms with E-state index in [4.69, 9.17) is 11.5 Å². The van der Waals surface area contributed by atoms with E-state index in [2.05, 4.69) is 120 Å². The highest BCUT2D eigenvalue weighted by Gasteiger charge is 2.21. The molecule has 0 aliphatic rings. The Morgan fingerprint density at radius 2 is 0.567 bits per heavy atom. The molecule has 0 radical (unpaired) electrons. The Morgan fingerprint density at radius 1 is 0.317 bits per heavy atom. The summed E-state index contributed by atoms with van der Waals surface area (Å²) in [5, 5.41) is 0. The summed E-state index contributed by atoms with van der Waals surface area (Å²) < 4.78 is 0. The van der Waals surface area contributed by atoms with Crippen LogP contribution in [0, 0.1) is 13.8 Å². The summed E-state index contributed by atoms with van der Waals surface area (Å²) in [4.78, 5) is 0. The fourth-order valence-electron chi connectivity index (χ4n) is 9.90. The van der Waals surface area contributed by atoms with Crippen molar-refractivity contribution in [3.05, 3.63) is 129 Å². The summed E-state index contributed by atoms with van der Waals surface area (Å²) in [5.41, 5.74) is 25.5. The highest BCUT2D eigenvalue weighted by molar-refractivity contribution is 5.50. The highest BCUT2D eigenvalue weighted by Crippen LogP contribution is 2.38. The van der Waals surface area contributed by atoms with Crippen LogP contribution in [0.2, 0.25) is 0 Å². The van der Waals surface area contributed by atoms with E-state index in [9.17, 15) is 0 Å². The zero-order valence-corrected chi connectivity index (χ0v) is 39.4.